The lowest BCUT2D eigenvalue weighted by molar-refractivity contribution is -0.123. The van der Waals surface area contributed by atoms with Crippen molar-refractivity contribution in [1.82, 2.24) is 9.97 Å². The smallest absolute Gasteiger partial charge is 0.359 e. The van der Waals surface area contributed by atoms with E-state index in [2.05, 4.69) is 22.2 Å². The maximum absolute atomic E-state index is 12.4. The van der Waals surface area contributed by atoms with Gasteiger partial charge >= 0.3 is 5.97 Å². The Hall–Kier alpha value is -2.19. The topological polar surface area (TPSA) is 81.2 Å². The monoisotopic (exact) mass is 483 g/mol. The molecule has 156 valence electrons. The third-order valence-electron chi connectivity index (χ3n) is 4.16. The average molecular weight is 485 g/mol. The maximum atomic E-state index is 12.4. The van der Waals surface area contributed by atoms with Crippen molar-refractivity contribution in [2.45, 2.75) is 26.4 Å². The van der Waals surface area contributed by atoms with Crippen molar-refractivity contribution < 1.29 is 14.3 Å². The van der Waals surface area contributed by atoms with Gasteiger partial charge in [0.1, 0.15) is 0 Å². The van der Waals surface area contributed by atoms with E-state index in [1.165, 1.54) is 30.0 Å². The number of ether oxygens (including phenoxy) is 1. The van der Waals surface area contributed by atoms with E-state index >= 15 is 0 Å². The first-order valence-corrected chi connectivity index (χ1v) is 10.9. The van der Waals surface area contributed by atoms with Crippen molar-refractivity contribution >= 4 is 63.1 Å². The van der Waals surface area contributed by atoms with Crippen LogP contribution in [-0.2, 0) is 16.0 Å². The number of thiazole rings is 1. The van der Waals surface area contributed by atoms with Crippen molar-refractivity contribution in [2.75, 3.05) is 5.32 Å². The zero-order valence-electron chi connectivity index (χ0n) is 15.9. The number of esters is 1. The van der Waals surface area contributed by atoms with Crippen molar-refractivity contribution in [2.24, 2.45) is 0 Å². The van der Waals surface area contributed by atoms with E-state index in [1.54, 1.807) is 0 Å². The lowest BCUT2D eigenvalue weighted by Gasteiger charge is -2.13. The maximum Gasteiger partial charge on any atom is 0.359 e. The van der Waals surface area contributed by atoms with Crippen molar-refractivity contribution in [3.8, 4) is 11.3 Å². The number of carbonyl (C=O) groups is 2. The Morgan fingerprint density at radius 3 is 2.53 bits per heavy atom. The number of aryl methyl sites for hydroxylation is 1. The SMILES string of the molecule is CCc1ccc(-c2csc(NC(=O)[C@@H](C)OC(=O)c3ncc(Cl)c(Cl)c3Cl)n2)cc1. The molecule has 2 heterocycles. The molecule has 1 amide bonds. The van der Waals surface area contributed by atoms with Gasteiger partial charge in [0.2, 0.25) is 0 Å². The highest BCUT2D eigenvalue weighted by Gasteiger charge is 2.24. The summed E-state index contributed by atoms with van der Waals surface area (Å²) in [7, 11) is 0. The standard InChI is InChI=1S/C20H16Cl3N3O3S/c1-3-11-4-6-12(7-5-11)14-9-30-20(25-14)26-18(27)10(2)29-19(28)17-16(23)15(22)13(21)8-24-17/h4-10H,3H2,1-2H3,(H,25,26,27)/t10-/m1/s1. The molecule has 6 nitrogen and oxygen atoms in total. The van der Waals surface area contributed by atoms with Crippen LogP contribution >= 0.6 is 46.1 Å². The lowest BCUT2D eigenvalue weighted by atomic mass is 10.1. The summed E-state index contributed by atoms with van der Waals surface area (Å²) >= 11 is 19.0. The number of hydrogen-bond acceptors (Lipinski definition) is 6. The fourth-order valence-electron chi connectivity index (χ4n) is 2.44. The van der Waals surface area contributed by atoms with Gasteiger partial charge < -0.3 is 4.74 Å². The van der Waals surface area contributed by atoms with E-state index in [0.717, 1.165) is 17.7 Å². The number of hydrogen-bond donors (Lipinski definition) is 1. The minimum Gasteiger partial charge on any atom is -0.448 e. The van der Waals surface area contributed by atoms with Crippen molar-refractivity contribution in [3.63, 3.8) is 0 Å². The number of nitrogens with one attached hydrogen (secondary N) is 1. The molecule has 0 saturated heterocycles. The fourth-order valence-corrected chi connectivity index (χ4v) is 3.72. The molecule has 2 aromatic heterocycles. The van der Waals surface area contributed by atoms with Crippen LogP contribution in [0.4, 0.5) is 5.13 Å². The molecule has 0 spiro atoms. The molecule has 0 bridgehead atoms. The summed E-state index contributed by atoms with van der Waals surface area (Å²) in [6.45, 7) is 3.52. The van der Waals surface area contributed by atoms with Crippen LogP contribution < -0.4 is 5.32 Å². The summed E-state index contributed by atoms with van der Waals surface area (Å²) in [5.74, 6) is -1.43. The second-order valence-corrected chi connectivity index (χ2v) is 8.23. The number of amides is 1. The number of nitrogens with zero attached hydrogens (tertiary/aromatic N) is 2. The molecule has 30 heavy (non-hydrogen) atoms. The van der Waals surface area contributed by atoms with Crippen LogP contribution in [0.2, 0.25) is 15.1 Å². The van der Waals surface area contributed by atoms with Gasteiger partial charge in [-0.3, -0.25) is 10.1 Å². The van der Waals surface area contributed by atoms with Crippen LogP contribution in [-0.4, -0.2) is 27.9 Å². The van der Waals surface area contributed by atoms with Gasteiger partial charge in [-0.15, -0.1) is 11.3 Å². The molecule has 0 aliphatic rings. The molecule has 0 unspecified atom stereocenters. The largest absolute Gasteiger partial charge is 0.448 e. The Labute approximate surface area is 192 Å². The van der Waals surface area contributed by atoms with E-state index < -0.39 is 18.0 Å². The zero-order valence-corrected chi connectivity index (χ0v) is 19.0. The van der Waals surface area contributed by atoms with Crippen molar-refractivity contribution in [1.29, 1.82) is 0 Å². The number of benzene rings is 1. The number of rotatable bonds is 6. The molecule has 0 aliphatic heterocycles. The molecule has 1 aromatic carbocycles. The highest BCUT2D eigenvalue weighted by molar-refractivity contribution is 7.14. The van der Waals surface area contributed by atoms with Gasteiger partial charge in [0.25, 0.3) is 5.91 Å². The van der Waals surface area contributed by atoms with Gasteiger partial charge in [0, 0.05) is 17.1 Å². The summed E-state index contributed by atoms with van der Waals surface area (Å²) in [4.78, 5) is 32.9. The van der Waals surface area contributed by atoms with Crippen LogP contribution in [0, 0.1) is 0 Å². The third-order valence-corrected chi connectivity index (χ3v) is 6.15. The minimum absolute atomic E-state index is 0.0142. The van der Waals surface area contributed by atoms with Gasteiger partial charge in [-0.05, 0) is 18.9 Å². The first kappa shape index (κ1) is 22.5. The van der Waals surface area contributed by atoms with Gasteiger partial charge in [-0.1, -0.05) is 66.0 Å². The second-order valence-electron chi connectivity index (χ2n) is 6.21. The van der Waals surface area contributed by atoms with Crippen LogP contribution in [0.25, 0.3) is 11.3 Å². The summed E-state index contributed by atoms with van der Waals surface area (Å²) in [6.07, 6.45) is 1.03. The van der Waals surface area contributed by atoms with Gasteiger partial charge in [0.05, 0.1) is 20.8 Å². The van der Waals surface area contributed by atoms with Crippen molar-refractivity contribution in [3.05, 3.63) is 62.2 Å². The summed E-state index contributed by atoms with van der Waals surface area (Å²) in [5.41, 5.74) is 2.70. The predicted molar refractivity (Wildman–Crippen MR) is 120 cm³/mol. The summed E-state index contributed by atoms with van der Waals surface area (Å²) < 4.78 is 5.14. The molecular formula is C20H16Cl3N3O3S. The Morgan fingerprint density at radius 1 is 1.17 bits per heavy atom. The van der Waals surface area contributed by atoms with E-state index in [9.17, 15) is 9.59 Å². The molecule has 0 aliphatic carbocycles. The Morgan fingerprint density at radius 2 is 1.87 bits per heavy atom. The van der Waals surface area contributed by atoms with E-state index in [0.29, 0.717) is 5.13 Å². The molecule has 1 atom stereocenters. The van der Waals surface area contributed by atoms with Gasteiger partial charge in [0.15, 0.2) is 16.9 Å². The predicted octanol–water partition coefficient (Wildman–Crippen LogP) is 5.91. The highest BCUT2D eigenvalue weighted by atomic mass is 35.5. The molecular weight excluding hydrogens is 469 g/mol. The van der Waals surface area contributed by atoms with E-state index in [-0.39, 0.29) is 20.8 Å². The Balaban J connectivity index is 1.64. The first-order valence-electron chi connectivity index (χ1n) is 8.86. The second kappa shape index (κ2) is 9.75. The fraction of sp³-hybridized carbons (Fsp3) is 0.200. The molecule has 3 rings (SSSR count). The average Bonchev–Trinajstić information content (AvgIpc) is 3.20. The number of carbonyl (C=O) groups excluding carboxylic acids is 2. The quantitative estimate of drug-likeness (QED) is 0.440. The number of aromatic nitrogens is 2. The molecule has 1 N–H and O–H groups in total. The molecule has 3 aromatic rings. The molecule has 10 heteroatoms. The van der Waals surface area contributed by atoms with Crippen LogP contribution in [0.3, 0.4) is 0 Å². The van der Waals surface area contributed by atoms with Gasteiger partial charge in [-0.2, -0.15) is 0 Å². The minimum atomic E-state index is -1.11. The zero-order chi connectivity index (χ0) is 21.8. The summed E-state index contributed by atoms with van der Waals surface area (Å²) in [6, 6.07) is 8.04. The number of halogens is 3. The molecule has 0 fully saturated rings. The van der Waals surface area contributed by atoms with E-state index in [4.69, 9.17) is 39.5 Å². The van der Waals surface area contributed by atoms with Gasteiger partial charge in [-0.25, -0.2) is 14.8 Å². The Bertz CT molecular complexity index is 1090. The lowest BCUT2D eigenvalue weighted by Crippen LogP contribution is -2.30. The number of pyridine rings is 1. The summed E-state index contributed by atoms with van der Waals surface area (Å²) in [5, 5.41) is 4.82. The van der Waals surface area contributed by atoms with Crippen LogP contribution in [0.1, 0.15) is 29.9 Å². The third kappa shape index (κ3) is 5.10. The van der Waals surface area contributed by atoms with E-state index in [1.807, 2.05) is 29.6 Å². The normalized spacial score (nSPS) is 11.8. The first-order chi connectivity index (χ1) is 14.3. The number of anilines is 1. The van der Waals surface area contributed by atoms with Crippen LogP contribution in [0.5, 0.6) is 0 Å². The van der Waals surface area contributed by atoms with Crippen LogP contribution in [0.15, 0.2) is 35.8 Å². The Kier molecular flexibility index (Phi) is 7.31. The molecule has 0 radical (unpaired) electrons. The molecule has 0 saturated carbocycles. The highest BCUT2D eigenvalue weighted by Crippen LogP contribution is 2.31.